The van der Waals surface area contributed by atoms with Crippen LogP contribution < -0.4 is 10.7 Å². The fraction of sp³-hybridized carbons (Fsp3) is 0.381. The van der Waals surface area contributed by atoms with Crippen molar-refractivity contribution in [1.29, 1.82) is 0 Å². The average molecular weight is 367 g/mol. The Bertz CT molecular complexity index is 836. The largest absolute Gasteiger partial charge is 0.376 e. The molecule has 0 radical (unpaired) electrons. The molecular formula is C21H25N3O3. The van der Waals surface area contributed by atoms with Crippen molar-refractivity contribution in [3.63, 3.8) is 0 Å². The van der Waals surface area contributed by atoms with Crippen molar-refractivity contribution in [2.24, 2.45) is 5.10 Å². The van der Waals surface area contributed by atoms with Crippen LogP contribution in [-0.2, 0) is 20.7 Å². The second kappa shape index (κ2) is 9.28. The van der Waals surface area contributed by atoms with E-state index in [-0.39, 0.29) is 30.8 Å². The number of amides is 2. The van der Waals surface area contributed by atoms with Gasteiger partial charge in [-0.3, -0.25) is 9.59 Å². The van der Waals surface area contributed by atoms with Gasteiger partial charge in [-0.15, -0.1) is 0 Å². The van der Waals surface area contributed by atoms with Crippen LogP contribution in [0.5, 0.6) is 0 Å². The Morgan fingerprint density at radius 1 is 1.15 bits per heavy atom. The molecule has 6 heteroatoms. The molecule has 142 valence electrons. The first-order valence-electron chi connectivity index (χ1n) is 9.29. The third kappa shape index (κ3) is 5.62. The standard InChI is InChI=1S/C21H25N3O3/c1-15(12-20(25)22-14-18-9-5-11-27-18)23-24-21(26)13-17-8-4-7-16-6-2-3-10-19(16)17/h2-4,6-8,10,18H,5,9,11-14H2,1H3,(H,22,25)(H,24,26)/b23-15+. The molecule has 0 bridgehead atoms. The van der Waals surface area contributed by atoms with Crippen molar-refractivity contribution in [3.8, 4) is 0 Å². The summed E-state index contributed by atoms with van der Waals surface area (Å²) in [5.74, 6) is -0.319. The van der Waals surface area contributed by atoms with Gasteiger partial charge in [0.15, 0.2) is 0 Å². The fourth-order valence-electron chi connectivity index (χ4n) is 3.18. The van der Waals surface area contributed by atoms with E-state index in [0.29, 0.717) is 12.3 Å². The van der Waals surface area contributed by atoms with E-state index in [0.717, 1.165) is 35.8 Å². The molecule has 2 aromatic rings. The Morgan fingerprint density at radius 3 is 2.78 bits per heavy atom. The second-order valence-electron chi connectivity index (χ2n) is 6.81. The van der Waals surface area contributed by atoms with E-state index in [1.54, 1.807) is 6.92 Å². The van der Waals surface area contributed by atoms with Crippen molar-refractivity contribution in [3.05, 3.63) is 48.0 Å². The second-order valence-corrected chi connectivity index (χ2v) is 6.81. The highest BCUT2D eigenvalue weighted by atomic mass is 16.5. The molecule has 0 aromatic heterocycles. The molecular weight excluding hydrogens is 342 g/mol. The lowest BCUT2D eigenvalue weighted by Gasteiger charge is -2.10. The molecule has 27 heavy (non-hydrogen) atoms. The van der Waals surface area contributed by atoms with Gasteiger partial charge in [-0.05, 0) is 36.1 Å². The summed E-state index contributed by atoms with van der Waals surface area (Å²) in [6.07, 6.45) is 2.54. The zero-order chi connectivity index (χ0) is 19.1. The molecule has 0 saturated carbocycles. The van der Waals surface area contributed by atoms with Crippen LogP contribution in [0.3, 0.4) is 0 Å². The van der Waals surface area contributed by atoms with Crippen LogP contribution in [0, 0.1) is 0 Å². The first-order chi connectivity index (χ1) is 13.1. The molecule has 1 aliphatic rings. The van der Waals surface area contributed by atoms with Crippen molar-refractivity contribution >= 4 is 28.3 Å². The number of fused-ring (bicyclic) bond motifs is 1. The lowest BCUT2D eigenvalue weighted by Crippen LogP contribution is -2.33. The Hall–Kier alpha value is -2.73. The number of hydrogen-bond donors (Lipinski definition) is 2. The van der Waals surface area contributed by atoms with Crippen molar-refractivity contribution in [1.82, 2.24) is 10.7 Å². The van der Waals surface area contributed by atoms with Crippen LogP contribution in [0.25, 0.3) is 10.8 Å². The van der Waals surface area contributed by atoms with Crippen LogP contribution in [0.4, 0.5) is 0 Å². The summed E-state index contributed by atoms with van der Waals surface area (Å²) >= 11 is 0. The van der Waals surface area contributed by atoms with Gasteiger partial charge in [-0.2, -0.15) is 5.10 Å². The number of carbonyl (C=O) groups excluding carboxylic acids is 2. The van der Waals surface area contributed by atoms with Crippen molar-refractivity contribution in [2.75, 3.05) is 13.2 Å². The number of ether oxygens (including phenoxy) is 1. The number of hydrazone groups is 1. The molecule has 1 heterocycles. The number of nitrogens with one attached hydrogen (secondary N) is 2. The van der Waals surface area contributed by atoms with E-state index in [9.17, 15) is 9.59 Å². The van der Waals surface area contributed by atoms with E-state index in [2.05, 4.69) is 15.8 Å². The molecule has 2 aromatic carbocycles. The van der Waals surface area contributed by atoms with E-state index in [1.165, 1.54) is 0 Å². The van der Waals surface area contributed by atoms with Gasteiger partial charge in [0.2, 0.25) is 11.8 Å². The third-order valence-electron chi connectivity index (χ3n) is 4.57. The minimum atomic E-state index is -0.203. The predicted molar refractivity (Wildman–Crippen MR) is 106 cm³/mol. The number of carbonyl (C=O) groups is 2. The summed E-state index contributed by atoms with van der Waals surface area (Å²) in [5, 5.41) is 9.05. The first kappa shape index (κ1) is 19.0. The zero-order valence-electron chi connectivity index (χ0n) is 15.5. The minimum absolute atomic E-state index is 0.116. The fourth-order valence-corrected chi connectivity index (χ4v) is 3.18. The van der Waals surface area contributed by atoms with E-state index >= 15 is 0 Å². The van der Waals surface area contributed by atoms with Gasteiger partial charge in [-0.1, -0.05) is 42.5 Å². The summed E-state index contributed by atoms with van der Waals surface area (Å²) in [5.41, 5.74) is 4.06. The number of benzene rings is 2. The Morgan fingerprint density at radius 2 is 1.96 bits per heavy atom. The average Bonchev–Trinajstić information content (AvgIpc) is 3.19. The summed E-state index contributed by atoms with van der Waals surface area (Å²) < 4.78 is 5.47. The van der Waals surface area contributed by atoms with Gasteiger partial charge >= 0.3 is 0 Å². The van der Waals surface area contributed by atoms with Gasteiger partial charge in [0, 0.05) is 18.9 Å². The lowest BCUT2D eigenvalue weighted by molar-refractivity contribution is -0.121. The molecule has 1 atom stereocenters. The molecule has 2 N–H and O–H groups in total. The van der Waals surface area contributed by atoms with E-state index in [4.69, 9.17) is 4.74 Å². The SMILES string of the molecule is C/C(CC(=O)NCC1CCCO1)=N\NC(=O)Cc1cccc2ccccc12. The van der Waals surface area contributed by atoms with Crippen LogP contribution in [-0.4, -0.2) is 36.8 Å². The smallest absolute Gasteiger partial charge is 0.244 e. The molecule has 1 aliphatic heterocycles. The normalized spacial score (nSPS) is 17.1. The third-order valence-corrected chi connectivity index (χ3v) is 4.57. The Balaban J connectivity index is 1.47. The maximum absolute atomic E-state index is 12.2. The maximum Gasteiger partial charge on any atom is 0.244 e. The topological polar surface area (TPSA) is 79.8 Å². The molecule has 1 saturated heterocycles. The van der Waals surface area contributed by atoms with Crippen molar-refractivity contribution < 1.29 is 14.3 Å². The molecule has 0 aliphatic carbocycles. The van der Waals surface area contributed by atoms with E-state index < -0.39 is 0 Å². The maximum atomic E-state index is 12.2. The lowest BCUT2D eigenvalue weighted by atomic mass is 10.0. The summed E-state index contributed by atoms with van der Waals surface area (Å²) in [4.78, 5) is 24.1. The van der Waals surface area contributed by atoms with Gasteiger partial charge < -0.3 is 10.1 Å². The molecule has 0 spiro atoms. The first-order valence-corrected chi connectivity index (χ1v) is 9.29. The van der Waals surface area contributed by atoms with Crippen LogP contribution >= 0.6 is 0 Å². The molecule has 1 fully saturated rings. The number of rotatable bonds is 7. The highest BCUT2D eigenvalue weighted by Gasteiger charge is 2.16. The van der Waals surface area contributed by atoms with E-state index in [1.807, 2.05) is 42.5 Å². The number of hydrogen-bond acceptors (Lipinski definition) is 4. The molecule has 3 rings (SSSR count). The van der Waals surface area contributed by atoms with Gasteiger partial charge in [0.25, 0.3) is 0 Å². The van der Waals surface area contributed by atoms with Crippen LogP contribution in [0.2, 0.25) is 0 Å². The monoisotopic (exact) mass is 367 g/mol. The van der Waals surface area contributed by atoms with Crippen LogP contribution in [0.1, 0.15) is 31.7 Å². The summed E-state index contributed by atoms with van der Waals surface area (Å²) in [7, 11) is 0. The quantitative estimate of drug-likeness (QED) is 0.583. The van der Waals surface area contributed by atoms with Gasteiger partial charge in [0.1, 0.15) is 0 Å². The summed E-state index contributed by atoms with van der Waals surface area (Å²) in [6.45, 7) is 3.02. The zero-order valence-corrected chi connectivity index (χ0v) is 15.5. The van der Waals surface area contributed by atoms with Gasteiger partial charge in [-0.25, -0.2) is 5.43 Å². The van der Waals surface area contributed by atoms with Gasteiger partial charge in [0.05, 0.1) is 18.9 Å². The number of nitrogens with zero attached hydrogens (tertiary/aromatic N) is 1. The molecule has 2 amide bonds. The highest BCUT2D eigenvalue weighted by molar-refractivity contribution is 6.00. The van der Waals surface area contributed by atoms with Crippen LogP contribution in [0.15, 0.2) is 47.6 Å². The highest BCUT2D eigenvalue weighted by Crippen LogP contribution is 2.18. The minimum Gasteiger partial charge on any atom is -0.376 e. The molecule has 6 nitrogen and oxygen atoms in total. The Kier molecular flexibility index (Phi) is 6.54. The molecule has 1 unspecified atom stereocenters. The summed E-state index contributed by atoms with van der Waals surface area (Å²) in [6, 6.07) is 13.9. The van der Waals surface area contributed by atoms with Crippen molar-refractivity contribution in [2.45, 2.75) is 38.7 Å². The Labute approximate surface area is 159 Å². The predicted octanol–water partition coefficient (Wildman–Crippen LogP) is 2.56.